The molecule has 162 valence electrons. The zero-order valence-electron chi connectivity index (χ0n) is 16.5. The molecule has 0 radical (unpaired) electrons. The molecule has 2 amide bonds. The lowest BCUT2D eigenvalue weighted by Crippen LogP contribution is -2.54. The second kappa shape index (κ2) is 8.72. The number of aryl methyl sites for hydroxylation is 1. The van der Waals surface area contributed by atoms with Crippen LogP contribution < -0.4 is 11.1 Å². The molecule has 1 fully saturated rings. The van der Waals surface area contributed by atoms with Crippen LogP contribution in [0.5, 0.6) is 0 Å². The van der Waals surface area contributed by atoms with E-state index >= 15 is 0 Å². The third-order valence-electron chi connectivity index (χ3n) is 4.70. The molecule has 2 heterocycles. The number of sulfonamides is 1. The van der Waals surface area contributed by atoms with Crippen LogP contribution in [-0.4, -0.2) is 73.2 Å². The molecule has 12 heteroatoms. The summed E-state index contributed by atoms with van der Waals surface area (Å²) in [6.45, 7) is 1.89. The van der Waals surface area contributed by atoms with Crippen LogP contribution in [0.1, 0.15) is 16.1 Å². The van der Waals surface area contributed by atoms with Gasteiger partial charge in [0.15, 0.2) is 6.17 Å². The predicted octanol–water partition coefficient (Wildman–Crippen LogP) is 0.422. The molecule has 1 aliphatic rings. The summed E-state index contributed by atoms with van der Waals surface area (Å²) >= 11 is 6.25. The highest BCUT2D eigenvalue weighted by Gasteiger charge is 2.45. The molecule has 2 aromatic rings. The van der Waals surface area contributed by atoms with E-state index in [0.717, 1.165) is 10.6 Å². The molecule has 3 rings (SSSR count). The maximum absolute atomic E-state index is 13.5. The summed E-state index contributed by atoms with van der Waals surface area (Å²) in [6.07, 6.45) is -0.350. The van der Waals surface area contributed by atoms with E-state index in [-0.39, 0.29) is 43.2 Å². The second-order valence-corrected chi connectivity index (χ2v) is 9.11. The van der Waals surface area contributed by atoms with Crippen molar-refractivity contribution in [3.8, 4) is 11.3 Å². The van der Waals surface area contributed by atoms with Crippen LogP contribution in [-0.2, 0) is 14.8 Å². The molecule has 1 unspecified atom stereocenters. The first-order valence-electron chi connectivity index (χ1n) is 9.13. The first-order valence-corrected chi connectivity index (χ1v) is 11.4. The van der Waals surface area contributed by atoms with Gasteiger partial charge in [-0.05, 0) is 13.0 Å². The molecule has 1 saturated heterocycles. The zero-order chi connectivity index (χ0) is 22.1. The molecular formula is C18H22ClN5O5S. The van der Waals surface area contributed by atoms with E-state index in [1.54, 1.807) is 31.2 Å². The summed E-state index contributed by atoms with van der Waals surface area (Å²) < 4.78 is 30.6. The molecule has 3 N–H and O–H groups in total. The van der Waals surface area contributed by atoms with Crippen molar-refractivity contribution >= 4 is 33.4 Å². The minimum atomic E-state index is -3.75. The molecule has 1 aromatic carbocycles. The SMILES string of the molecule is Cc1onc(-c2ccccc2Cl)c1C(=O)N1CCN(S(C)(=O)=O)C1C(=O)NCCN. The summed E-state index contributed by atoms with van der Waals surface area (Å²) in [6, 6.07) is 6.82. The van der Waals surface area contributed by atoms with Crippen LogP contribution in [0.4, 0.5) is 0 Å². The maximum atomic E-state index is 13.5. The smallest absolute Gasteiger partial charge is 0.261 e. The highest BCUT2D eigenvalue weighted by molar-refractivity contribution is 7.88. The summed E-state index contributed by atoms with van der Waals surface area (Å²) in [5, 5.41) is 6.89. The van der Waals surface area contributed by atoms with Gasteiger partial charge < -0.3 is 20.5 Å². The van der Waals surface area contributed by atoms with Crippen molar-refractivity contribution in [3.63, 3.8) is 0 Å². The average Bonchev–Trinajstić information content (AvgIpc) is 3.30. The Kier molecular flexibility index (Phi) is 6.46. The lowest BCUT2D eigenvalue weighted by Gasteiger charge is -2.27. The minimum Gasteiger partial charge on any atom is -0.360 e. The van der Waals surface area contributed by atoms with Gasteiger partial charge in [0.25, 0.3) is 11.8 Å². The Labute approximate surface area is 179 Å². The molecular weight excluding hydrogens is 434 g/mol. The van der Waals surface area contributed by atoms with E-state index in [9.17, 15) is 18.0 Å². The number of hydrogen-bond acceptors (Lipinski definition) is 7. The van der Waals surface area contributed by atoms with E-state index in [0.29, 0.717) is 10.6 Å². The van der Waals surface area contributed by atoms with Crippen molar-refractivity contribution in [2.75, 3.05) is 32.4 Å². The quantitative estimate of drug-likeness (QED) is 0.643. The van der Waals surface area contributed by atoms with E-state index in [2.05, 4.69) is 10.5 Å². The van der Waals surface area contributed by atoms with Crippen molar-refractivity contribution in [1.82, 2.24) is 19.7 Å². The number of nitrogens with zero attached hydrogens (tertiary/aromatic N) is 3. The fourth-order valence-corrected chi connectivity index (χ4v) is 4.54. The number of carbonyl (C=O) groups excluding carboxylic acids is 2. The fourth-order valence-electron chi connectivity index (χ4n) is 3.33. The van der Waals surface area contributed by atoms with Crippen molar-refractivity contribution in [2.45, 2.75) is 13.1 Å². The fraction of sp³-hybridized carbons (Fsp3) is 0.389. The van der Waals surface area contributed by atoms with Gasteiger partial charge in [-0.3, -0.25) is 9.59 Å². The van der Waals surface area contributed by atoms with Crippen molar-refractivity contribution in [2.24, 2.45) is 5.73 Å². The molecule has 0 bridgehead atoms. The largest absolute Gasteiger partial charge is 0.360 e. The summed E-state index contributed by atoms with van der Waals surface area (Å²) in [5.74, 6) is -0.985. The van der Waals surface area contributed by atoms with Crippen LogP contribution in [0.2, 0.25) is 5.02 Å². The topological polar surface area (TPSA) is 139 Å². The number of halogens is 1. The molecule has 0 spiro atoms. The van der Waals surface area contributed by atoms with Crippen LogP contribution >= 0.6 is 11.6 Å². The molecule has 30 heavy (non-hydrogen) atoms. The van der Waals surface area contributed by atoms with Crippen molar-refractivity contribution in [1.29, 1.82) is 0 Å². The first-order chi connectivity index (χ1) is 14.2. The van der Waals surface area contributed by atoms with Crippen LogP contribution in [0.25, 0.3) is 11.3 Å². The number of carbonyl (C=O) groups is 2. The molecule has 1 aromatic heterocycles. The number of amides is 2. The Morgan fingerprint density at radius 3 is 2.67 bits per heavy atom. The molecule has 1 aliphatic heterocycles. The number of rotatable bonds is 6. The average molecular weight is 456 g/mol. The molecule has 10 nitrogen and oxygen atoms in total. The number of nitrogens with one attached hydrogen (secondary N) is 1. The zero-order valence-corrected chi connectivity index (χ0v) is 18.0. The highest BCUT2D eigenvalue weighted by Crippen LogP contribution is 2.33. The minimum absolute atomic E-state index is 0.0168. The summed E-state index contributed by atoms with van der Waals surface area (Å²) in [7, 11) is -3.75. The number of hydrogen-bond donors (Lipinski definition) is 2. The molecule has 0 aliphatic carbocycles. The van der Waals surface area contributed by atoms with Gasteiger partial charge in [0.05, 0.1) is 11.3 Å². The Morgan fingerprint density at radius 2 is 2.03 bits per heavy atom. The van der Waals surface area contributed by atoms with Gasteiger partial charge >= 0.3 is 0 Å². The third kappa shape index (κ3) is 4.19. The normalized spacial score (nSPS) is 17.3. The van der Waals surface area contributed by atoms with Gasteiger partial charge in [0.1, 0.15) is 17.0 Å². The van der Waals surface area contributed by atoms with E-state index in [4.69, 9.17) is 21.9 Å². The van der Waals surface area contributed by atoms with Gasteiger partial charge in [0, 0.05) is 31.7 Å². The summed E-state index contributed by atoms with van der Waals surface area (Å²) in [4.78, 5) is 27.4. The van der Waals surface area contributed by atoms with Crippen molar-refractivity contribution in [3.05, 3.63) is 40.6 Å². The van der Waals surface area contributed by atoms with Gasteiger partial charge in [0.2, 0.25) is 10.0 Å². The Bertz CT molecular complexity index is 1070. The monoisotopic (exact) mass is 455 g/mol. The van der Waals surface area contributed by atoms with Gasteiger partial charge in [-0.15, -0.1) is 0 Å². The van der Waals surface area contributed by atoms with Crippen LogP contribution in [0.15, 0.2) is 28.8 Å². The Hall–Kier alpha value is -2.47. The maximum Gasteiger partial charge on any atom is 0.261 e. The summed E-state index contributed by atoms with van der Waals surface area (Å²) in [5.41, 5.74) is 6.26. The van der Waals surface area contributed by atoms with Gasteiger partial charge in [-0.25, -0.2) is 8.42 Å². The van der Waals surface area contributed by atoms with Crippen LogP contribution in [0, 0.1) is 6.92 Å². The first kappa shape index (κ1) is 22.2. The number of benzene rings is 1. The van der Waals surface area contributed by atoms with Gasteiger partial charge in [-0.1, -0.05) is 35.0 Å². The van der Waals surface area contributed by atoms with E-state index < -0.39 is 28.0 Å². The number of aromatic nitrogens is 1. The van der Waals surface area contributed by atoms with E-state index in [1.165, 1.54) is 4.90 Å². The number of nitrogens with two attached hydrogens (primary N) is 1. The molecule has 1 atom stereocenters. The van der Waals surface area contributed by atoms with Crippen molar-refractivity contribution < 1.29 is 22.5 Å². The van der Waals surface area contributed by atoms with Crippen LogP contribution in [0.3, 0.4) is 0 Å². The van der Waals surface area contributed by atoms with Gasteiger partial charge in [-0.2, -0.15) is 4.31 Å². The lowest BCUT2D eigenvalue weighted by atomic mass is 10.0. The Morgan fingerprint density at radius 1 is 1.33 bits per heavy atom. The highest BCUT2D eigenvalue weighted by atomic mass is 35.5. The predicted molar refractivity (Wildman–Crippen MR) is 110 cm³/mol. The second-order valence-electron chi connectivity index (χ2n) is 6.77. The molecule has 0 saturated carbocycles. The lowest BCUT2D eigenvalue weighted by molar-refractivity contribution is -0.127. The Balaban J connectivity index is 2.03. The van der Waals surface area contributed by atoms with E-state index in [1.807, 2.05) is 0 Å². The standard InChI is InChI=1S/C18H22ClN5O5S/c1-11-14(15(22-29-11)12-5-3-4-6-13(12)19)18(26)23-9-10-24(30(2,27)28)17(23)16(25)21-8-7-20/h3-6,17H,7-10,20H2,1-2H3,(H,21,25). The third-order valence-corrected chi connectivity index (χ3v) is 6.26.